The summed E-state index contributed by atoms with van der Waals surface area (Å²) in [5.41, 5.74) is 1.90. The lowest BCUT2D eigenvalue weighted by Gasteiger charge is -2.17. The Morgan fingerprint density at radius 2 is 2.25 bits per heavy atom. The molecule has 1 aliphatic heterocycles. The highest BCUT2D eigenvalue weighted by atomic mass is 79.9. The number of ketones is 1. The number of hydrogen-bond donors (Lipinski definition) is 1. The molecule has 2 heterocycles. The first-order valence-electron chi connectivity index (χ1n) is 7.14. The summed E-state index contributed by atoms with van der Waals surface area (Å²) in [6, 6.07) is 0.144. The van der Waals surface area contributed by atoms with Gasteiger partial charge in [-0.3, -0.25) is 9.48 Å². The maximum Gasteiger partial charge on any atom is 0.145 e. The van der Waals surface area contributed by atoms with Crippen LogP contribution in [0.1, 0.15) is 25.2 Å². The third-order valence-electron chi connectivity index (χ3n) is 3.75. The van der Waals surface area contributed by atoms with Crippen LogP contribution in [0.5, 0.6) is 0 Å². The SMILES string of the molecule is CCNC1COCC1C(=O)Cc1c(Br)c(C)nn1CC. The number of aromatic nitrogens is 2. The van der Waals surface area contributed by atoms with Gasteiger partial charge in [-0.05, 0) is 36.3 Å². The summed E-state index contributed by atoms with van der Waals surface area (Å²) >= 11 is 3.54. The Morgan fingerprint density at radius 1 is 1.50 bits per heavy atom. The summed E-state index contributed by atoms with van der Waals surface area (Å²) in [6.45, 7) is 8.80. The van der Waals surface area contributed by atoms with E-state index in [0.29, 0.717) is 19.6 Å². The minimum atomic E-state index is -0.0534. The Balaban J connectivity index is 2.11. The number of halogens is 1. The summed E-state index contributed by atoms with van der Waals surface area (Å²) in [5.74, 6) is 0.172. The molecule has 2 unspecified atom stereocenters. The molecule has 1 aliphatic rings. The normalized spacial score (nSPS) is 22.4. The molecule has 1 aromatic rings. The van der Waals surface area contributed by atoms with Gasteiger partial charge < -0.3 is 10.1 Å². The Labute approximate surface area is 128 Å². The van der Waals surface area contributed by atoms with Crippen molar-refractivity contribution in [3.63, 3.8) is 0 Å². The molecule has 1 N–H and O–H groups in total. The highest BCUT2D eigenvalue weighted by Crippen LogP contribution is 2.24. The van der Waals surface area contributed by atoms with Gasteiger partial charge >= 0.3 is 0 Å². The van der Waals surface area contributed by atoms with E-state index in [2.05, 4.69) is 26.3 Å². The van der Waals surface area contributed by atoms with Crippen LogP contribution in [-0.2, 0) is 22.5 Å². The number of rotatable bonds is 6. The summed E-state index contributed by atoms with van der Waals surface area (Å²) in [6.07, 6.45) is 0.408. The van der Waals surface area contributed by atoms with E-state index in [1.165, 1.54) is 0 Å². The van der Waals surface area contributed by atoms with Crippen LogP contribution in [0.4, 0.5) is 0 Å². The molecule has 5 nitrogen and oxygen atoms in total. The monoisotopic (exact) mass is 343 g/mol. The average molecular weight is 344 g/mol. The Morgan fingerprint density at radius 3 is 2.90 bits per heavy atom. The van der Waals surface area contributed by atoms with Crippen molar-refractivity contribution in [3.05, 3.63) is 15.9 Å². The Hall–Kier alpha value is -0.720. The largest absolute Gasteiger partial charge is 0.379 e. The fraction of sp³-hybridized carbons (Fsp3) is 0.714. The maximum atomic E-state index is 12.5. The van der Waals surface area contributed by atoms with Crippen LogP contribution < -0.4 is 5.32 Å². The lowest BCUT2D eigenvalue weighted by molar-refractivity contribution is -0.122. The molecule has 2 rings (SSSR count). The summed E-state index contributed by atoms with van der Waals surface area (Å²) in [4.78, 5) is 12.5. The van der Waals surface area contributed by atoms with Gasteiger partial charge in [0.2, 0.25) is 0 Å². The number of aryl methyl sites for hydroxylation is 2. The fourth-order valence-electron chi connectivity index (χ4n) is 2.67. The predicted octanol–water partition coefficient (Wildman–Crippen LogP) is 1.71. The molecule has 0 saturated carbocycles. The smallest absolute Gasteiger partial charge is 0.145 e. The molecular formula is C14H22BrN3O2. The van der Waals surface area contributed by atoms with E-state index in [-0.39, 0.29) is 17.7 Å². The zero-order chi connectivity index (χ0) is 14.7. The number of carbonyl (C=O) groups is 1. The molecule has 1 saturated heterocycles. The third-order valence-corrected chi connectivity index (χ3v) is 4.79. The van der Waals surface area contributed by atoms with Crippen LogP contribution in [0, 0.1) is 12.8 Å². The highest BCUT2D eigenvalue weighted by Gasteiger charge is 2.34. The van der Waals surface area contributed by atoms with Gasteiger partial charge in [0, 0.05) is 19.0 Å². The molecule has 6 heteroatoms. The second-order valence-corrected chi connectivity index (χ2v) is 5.91. The van der Waals surface area contributed by atoms with Crippen molar-refractivity contribution in [1.29, 1.82) is 0 Å². The van der Waals surface area contributed by atoms with Gasteiger partial charge in [-0.25, -0.2) is 0 Å². The van der Waals surface area contributed by atoms with E-state index in [1.54, 1.807) is 0 Å². The van der Waals surface area contributed by atoms with Crippen molar-refractivity contribution in [2.24, 2.45) is 5.92 Å². The Kier molecular flexibility index (Phi) is 5.35. The van der Waals surface area contributed by atoms with Crippen molar-refractivity contribution >= 4 is 21.7 Å². The summed E-state index contributed by atoms with van der Waals surface area (Å²) in [5, 5.41) is 7.76. The minimum absolute atomic E-state index is 0.0534. The first-order chi connectivity index (χ1) is 9.58. The van der Waals surface area contributed by atoms with Gasteiger partial charge in [-0.2, -0.15) is 5.10 Å². The third kappa shape index (κ3) is 3.13. The molecular weight excluding hydrogens is 322 g/mol. The lowest BCUT2D eigenvalue weighted by atomic mass is 9.95. The van der Waals surface area contributed by atoms with Crippen molar-refractivity contribution in [1.82, 2.24) is 15.1 Å². The molecule has 0 aliphatic carbocycles. The summed E-state index contributed by atoms with van der Waals surface area (Å²) in [7, 11) is 0. The van der Waals surface area contributed by atoms with Gasteiger partial charge in [0.1, 0.15) is 5.78 Å². The van der Waals surface area contributed by atoms with Crippen LogP contribution in [0.3, 0.4) is 0 Å². The van der Waals surface area contributed by atoms with E-state index in [1.807, 2.05) is 25.5 Å². The molecule has 0 bridgehead atoms. The van der Waals surface area contributed by atoms with Crippen LogP contribution in [0.25, 0.3) is 0 Å². The Bertz CT molecular complexity index is 487. The number of ether oxygens (including phenoxy) is 1. The molecule has 112 valence electrons. The fourth-order valence-corrected chi connectivity index (χ4v) is 3.09. The molecule has 0 amide bonds. The highest BCUT2D eigenvalue weighted by molar-refractivity contribution is 9.10. The number of nitrogens with zero attached hydrogens (tertiary/aromatic N) is 2. The van der Waals surface area contributed by atoms with Crippen LogP contribution >= 0.6 is 15.9 Å². The minimum Gasteiger partial charge on any atom is -0.379 e. The topological polar surface area (TPSA) is 56.1 Å². The first-order valence-corrected chi connectivity index (χ1v) is 7.93. The van der Waals surface area contributed by atoms with Crippen molar-refractivity contribution in [3.8, 4) is 0 Å². The second-order valence-electron chi connectivity index (χ2n) is 5.11. The van der Waals surface area contributed by atoms with Crippen LogP contribution in [0.15, 0.2) is 4.47 Å². The van der Waals surface area contributed by atoms with Crippen molar-refractivity contribution in [2.45, 2.75) is 39.8 Å². The van der Waals surface area contributed by atoms with Crippen LogP contribution in [-0.4, -0.2) is 41.4 Å². The molecule has 0 spiro atoms. The second kappa shape index (κ2) is 6.83. The van der Waals surface area contributed by atoms with Gasteiger partial charge in [0.25, 0.3) is 0 Å². The zero-order valence-electron chi connectivity index (χ0n) is 12.3. The number of nitrogens with one attached hydrogen (secondary N) is 1. The molecule has 0 radical (unpaired) electrons. The van der Waals surface area contributed by atoms with Gasteiger partial charge in [0.15, 0.2) is 0 Å². The number of likely N-dealkylation sites (N-methyl/N-ethyl adjacent to an activating group) is 1. The van der Waals surface area contributed by atoms with E-state index in [9.17, 15) is 4.79 Å². The maximum absolute atomic E-state index is 12.5. The average Bonchev–Trinajstić information content (AvgIpc) is 2.99. The van der Waals surface area contributed by atoms with Gasteiger partial charge in [-0.1, -0.05) is 6.92 Å². The van der Waals surface area contributed by atoms with E-state index < -0.39 is 0 Å². The van der Waals surface area contributed by atoms with Gasteiger partial charge in [-0.15, -0.1) is 0 Å². The zero-order valence-corrected chi connectivity index (χ0v) is 13.9. The van der Waals surface area contributed by atoms with E-state index in [0.717, 1.165) is 29.0 Å². The number of hydrogen-bond acceptors (Lipinski definition) is 4. The molecule has 20 heavy (non-hydrogen) atoms. The quantitative estimate of drug-likeness (QED) is 0.854. The molecule has 1 fully saturated rings. The number of carbonyl (C=O) groups excluding carboxylic acids is 1. The molecule has 2 atom stereocenters. The number of Topliss-reactive ketones (excluding diaryl/α,β-unsaturated/α-hetero) is 1. The van der Waals surface area contributed by atoms with Crippen molar-refractivity contribution < 1.29 is 9.53 Å². The van der Waals surface area contributed by atoms with E-state index in [4.69, 9.17) is 4.74 Å². The van der Waals surface area contributed by atoms with E-state index >= 15 is 0 Å². The van der Waals surface area contributed by atoms with Crippen molar-refractivity contribution in [2.75, 3.05) is 19.8 Å². The first kappa shape index (κ1) is 15.7. The standard InChI is InChI=1S/C14H22BrN3O2/c1-4-16-11-8-20-7-10(11)13(19)6-12-14(15)9(3)17-18(12)5-2/h10-11,16H,4-8H2,1-3H3. The molecule has 1 aromatic heterocycles. The van der Waals surface area contributed by atoms with Gasteiger partial charge in [0.05, 0.1) is 35.0 Å². The van der Waals surface area contributed by atoms with Crippen LogP contribution in [0.2, 0.25) is 0 Å². The lowest BCUT2D eigenvalue weighted by Crippen LogP contribution is -2.39. The summed E-state index contributed by atoms with van der Waals surface area (Å²) < 4.78 is 8.30. The molecule has 0 aromatic carbocycles. The predicted molar refractivity (Wildman–Crippen MR) is 80.8 cm³/mol.